The Morgan fingerprint density at radius 2 is 1.81 bits per heavy atom. The molecule has 1 fully saturated rings. The first-order valence-corrected chi connectivity index (χ1v) is 9.57. The Labute approximate surface area is 177 Å². The number of aromatic nitrogens is 2. The van der Waals surface area contributed by atoms with Gasteiger partial charge in [-0.3, -0.25) is 19.8 Å². The van der Waals surface area contributed by atoms with Gasteiger partial charge in [-0.05, 0) is 36.8 Å². The van der Waals surface area contributed by atoms with E-state index in [4.69, 9.17) is 0 Å². The second kappa shape index (κ2) is 7.67. The Bertz CT molecular complexity index is 1160. The van der Waals surface area contributed by atoms with Gasteiger partial charge in [0.15, 0.2) is 0 Å². The Kier molecular flexibility index (Phi) is 5.02. The van der Waals surface area contributed by atoms with Gasteiger partial charge in [-0.25, -0.2) is 14.2 Å². The Morgan fingerprint density at radius 3 is 2.48 bits per heavy atom. The van der Waals surface area contributed by atoms with Crippen molar-refractivity contribution in [3.63, 3.8) is 0 Å². The van der Waals surface area contributed by atoms with E-state index in [0.717, 1.165) is 10.5 Å². The van der Waals surface area contributed by atoms with Crippen LogP contribution in [-0.2, 0) is 22.2 Å². The van der Waals surface area contributed by atoms with Crippen LogP contribution in [0.15, 0.2) is 60.8 Å². The van der Waals surface area contributed by atoms with Crippen molar-refractivity contribution in [1.82, 2.24) is 19.8 Å². The summed E-state index contributed by atoms with van der Waals surface area (Å²) in [5.41, 5.74) is 0.785. The Balaban J connectivity index is 1.48. The van der Waals surface area contributed by atoms with E-state index in [0.29, 0.717) is 11.3 Å². The number of hydrogen-bond donors (Lipinski definition) is 2. The Hall–Kier alpha value is -4.01. The molecule has 9 heteroatoms. The van der Waals surface area contributed by atoms with E-state index in [1.54, 1.807) is 61.1 Å². The lowest BCUT2D eigenvalue weighted by atomic mass is 9.92. The van der Waals surface area contributed by atoms with Crippen LogP contribution in [0.1, 0.15) is 12.5 Å². The van der Waals surface area contributed by atoms with E-state index in [1.165, 1.54) is 12.1 Å². The molecule has 158 valence electrons. The third-order valence-corrected chi connectivity index (χ3v) is 5.31. The van der Waals surface area contributed by atoms with Crippen molar-refractivity contribution in [1.29, 1.82) is 0 Å². The molecule has 0 spiro atoms. The van der Waals surface area contributed by atoms with Gasteiger partial charge in [-0.1, -0.05) is 30.3 Å². The summed E-state index contributed by atoms with van der Waals surface area (Å²) in [4.78, 5) is 42.9. The van der Waals surface area contributed by atoms with Crippen LogP contribution in [0.4, 0.5) is 15.1 Å². The van der Waals surface area contributed by atoms with Crippen LogP contribution >= 0.6 is 0 Å². The fourth-order valence-corrected chi connectivity index (χ4v) is 3.53. The molecule has 0 aliphatic carbocycles. The first-order valence-electron chi connectivity index (χ1n) is 9.57. The fraction of sp³-hybridized carbons (Fsp3) is 0.182. The standard InChI is InChI=1S/C22H20FN5O3/c1-22(15-6-4-3-5-7-15)19(30)28(21(31)26-22)13-18(29)25-20-24-12-17(27(20)2)14-8-10-16(23)11-9-14/h3-12H,13H2,1-2H3,(H,26,31)(H,24,25,29)/t22-/m0/s1. The highest BCUT2D eigenvalue weighted by molar-refractivity contribution is 6.10. The van der Waals surface area contributed by atoms with Gasteiger partial charge in [0.25, 0.3) is 5.91 Å². The smallest absolute Gasteiger partial charge is 0.319 e. The number of anilines is 1. The van der Waals surface area contributed by atoms with Crippen LogP contribution in [0, 0.1) is 5.82 Å². The van der Waals surface area contributed by atoms with Crippen LogP contribution in [-0.4, -0.2) is 38.8 Å². The molecule has 4 rings (SSSR count). The number of imide groups is 1. The summed E-state index contributed by atoms with van der Waals surface area (Å²) < 4.78 is 14.8. The van der Waals surface area contributed by atoms with Gasteiger partial charge in [0, 0.05) is 12.6 Å². The lowest BCUT2D eigenvalue weighted by Crippen LogP contribution is -2.42. The SMILES string of the molecule is Cn1c(-c2ccc(F)cc2)cnc1NC(=O)CN1C(=O)N[C@@](C)(c2ccccc2)C1=O. The summed E-state index contributed by atoms with van der Waals surface area (Å²) in [7, 11) is 1.70. The molecule has 1 aliphatic rings. The third kappa shape index (κ3) is 3.65. The first kappa shape index (κ1) is 20.3. The van der Waals surface area contributed by atoms with E-state index in [-0.39, 0.29) is 11.8 Å². The molecule has 0 bridgehead atoms. The third-order valence-electron chi connectivity index (χ3n) is 5.31. The van der Waals surface area contributed by atoms with Crippen molar-refractivity contribution in [2.75, 3.05) is 11.9 Å². The van der Waals surface area contributed by atoms with E-state index in [1.807, 2.05) is 6.07 Å². The van der Waals surface area contributed by atoms with E-state index in [9.17, 15) is 18.8 Å². The average molecular weight is 421 g/mol. The predicted octanol–water partition coefficient (Wildman–Crippen LogP) is 2.63. The number of carbonyl (C=O) groups excluding carboxylic acids is 3. The summed E-state index contributed by atoms with van der Waals surface area (Å²) in [6.45, 7) is 1.15. The number of amides is 4. The molecule has 0 unspecified atom stereocenters. The highest BCUT2D eigenvalue weighted by Gasteiger charge is 2.49. The number of halogens is 1. The minimum atomic E-state index is -1.24. The summed E-state index contributed by atoms with van der Waals surface area (Å²) in [6, 6.07) is 14.1. The van der Waals surface area contributed by atoms with Crippen LogP contribution in [0.25, 0.3) is 11.3 Å². The molecule has 1 saturated heterocycles. The van der Waals surface area contributed by atoms with Gasteiger partial charge in [0.05, 0.1) is 11.9 Å². The van der Waals surface area contributed by atoms with Crippen molar-refractivity contribution < 1.29 is 18.8 Å². The molecule has 2 heterocycles. The molecule has 1 atom stereocenters. The summed E-state index contributed by atoms with van der Waals surface area (Å²) >= 11 is 0. The van der Waals surface area contributed by atoms with Gasteiger partial charge >= 0.3 is 6.03 Å². The molecule has 2 N–H and O–H groups in total. The molecule has 0 radical (unpaired) electrons. The van der Waals surface area contributed by atoms with Crippen LogP contribution in [0.2, 0.25) is 0 Å². The molecule has 3 aromatic rings. The van der Waals surface area contributed by atoms with E-state index < -0.39 is 29.9 Å². The maximum atomic E-state index is 13.2. The molecule has 4 amide bonds. The monoisotopic (exact) mass is 421 g/mol. The zero-order valence-corrected chi connectivity index (χ0v) is 16.9. The topological polar surface area (TPSA) is 96.3 Å². The summed E-state index contributed by atoms with van der Waals surface area (Å²) in [5, 5.41) is 5.27. The van der Waals surface area contributed by atoms with Gasteiger partial charge in [0.2, 0.25) is 11.9 Å². The summed E-state index contributed by atoms with van der Waals surface area (Å²) in [5.74, 6) is -1.19. The lowest BCUT2D eigenvalue weighted by Gasteiger charge is -2.22. The maximum absolute atomic E-state index is 13.2. The van der Waals surface area contributed by atoms with Gasteiger partial charge in [-0.2, -0.15) is 0 Å². The van der Waals surface area contributed by atoms with Crippen molar-refractivity contribution >= 4 is 23.8 Å². The maximum Gasteiger partial charge on any atom is 0.325 e. The number of benzene rings is 2. The number of hydrogen-bond acceptors (Lipinski definition) is 4. The first-order chi connectivity index (χ1) is 14.8. The van der Waals surface area contributed by atoms with Crippen molar-refractivity contribution in [3.05, 3.63) is 72.2 Å². The lowest BCUT2D eigenvalue weighted by molar-refractivity contribution is -0.133. The number of nitrogens with one attached hydrogen (secondary N) is 2. The van der Waals surface area contributed by atoms with Crippen LogP contribution in [0.5, 0.6) is 0 Å². The number of carbonyl (C=O) groups is 3. The molecule has 1 aliphatic heterocycles. The quantitative estimate of drug-likeness (QED) is 0.619. The number of urea groups is 1. The number of imidazole rings is 1. The molecule has 31 heavy (non-hydrogen) atoms. The van der Waals surface area contributed by atoms with Crippen LogP contribution in [0.3, 0.4) is 0 Å². The highest BCUT2D eigenvalue weighted by Crippen LogP contribution is 2.28. The minimum Gasteiger partial charge on any atom is -0.319 e. The normalized spacial score (nSPS) is 18.2. The van der Waals surface area contributed by atoms with Crippen molar-refractivity contribution in [3.8, 4) is 11.3 Å². The largest absolute Gasteiger partial charge is 0.325 e. The van der Waals surface area contributed by atoms with Gasteiger partial charge in [0.1, 0.15) is 17.9 Å². The van der Waals surface area contributed by atoms with Crippen molar-refractivity contribution in [2.24, 2.45) is 7.05 Å². The average Bonchev–Trinajstić information content (AvgIpc) is 3.22. The van der Waals surface area contributed by atoms with Crippen LogP contribution < -0.4 is 10.6 Å². The summed E-state index contributed by atoms with van der Waals surface area (Å²) in [6.07, 6.45) is 1.54. The Morgan fingerprint density at radius 1 is 1.13 bits per heavy atom. The number of nitrogens with zero attached hydrogens (tertiary/aromatic N) is 3. The zero-order chi connectivity index (χ0) is 22.2. The second-order valence-electron chi connectivity index (χ2n) is 7.39. The van der Waals surface area contributed by atoms with E-state index in [2.05, 4.69) is 15.6 Å². The van der Waals surface area contributed by atoms with Crippen molar-refractivity contribution in [2.45, 2.75) is 12.5 Å². The molecular formula is C22H20FN5O3. The van der Waals surface area contributed by atoms with Gasteiger partial charge in [-0.15, -0.1) is 0 Å². The minimum absolute atomic E-state index is 0.238. The zero-order valence-electron chi connectivity index (χ0n) is 16.9. The highest BCUT2D eigenvalue weighted by atomic mass is 19.1. The van der Waals surface area contributed by atoms with Gasteiger partial charge < -0.3 is 9.88 Å². The molecule has 2 aromatic carbocycles. The fourth-order valence-electron chi connectivity index (χ4n) is 3.53. The van der Waals surface area contributed by atoms with E-state index >= 15 is 0 Å². The number of rotatable bonds is 5. The molecular weight excluding hydrogens is 401 g/mol. The molecule has 1 aromatic heterocycles. The molecule has 0 saturated carbocycles. The second-order valence-corrected chi connectivity index (χ2v) is 7.39. The molecule has 8 nitrogen and oxygen atoms in total. The predicted molar refractivity (Wildman–Crippen MR) is 111 cm³/mol.